The van der Waals surface area contributed by atoms with E-state index in [0.29, 0.717) is 47.5 Å². The van der Waals surface area contributed by atoms with E-state index in [0.717, 1.165) is 16.3 Å². The molecule has 2 amide bonds. The standard InChI is InChI=1S/C35H37Cl2N3O5/c1-5-43-33-18-24(13-15-32(33)44-21-26-11-8-10-25-9-6-7-12-28(25)26)20-38-40-35(42)30(17-22(2)3)39-34(41)23(4)45-31-16-14-27(36)19-29(31)37/h6-16,18-20,22-23,30H,5,17,21H2,1-4H3,(H,39,41)(H,40,42)/b38-20-/t23-,30+/m1/s1. The highest BCUT2D eigenvalue weighted by molar-refractivity contribution is 6.35. The van der Waals surface area contributed by atoms with Crippen molar-refractivity contribution in [3.05, 3.63) is 100 Å². The summed E-state index contributed by atoms with van der Waals surface area (Å²) in [4.78, 5) is 26.0. The molecule has 0 spiro atoms. The quantitative estimate of drug-likeness (QED) is 0.108. The Morgan fingerprint density at radius 2 is 1.62 bits per heavy atom. The van der Waals surface area contributed by atoms with Crippen molar-refractivity contribution in [2.24, 2.45) is 11.0 Å². The Kier molecular flexibility index (Phi) is 12.1. The van der Waals surface area contributed by atoms with E-state index < -0.39 is 24.0 Å². The summed E-state index contributed by atoms with van der Waals surface area (Å²) < 4.78 is 17.7. The molecule has 0 bridgehead atoms. The molecule has 0 fully saturated rings. The average Bonchev–Trinajstić information content (AvgIpc) is 3.01. The van der Waals surface area contributed by atoms with Gasteiger partial charge in [0.05, 0.1) is 17.8 Å². The van der Waals surface area contributed by atoms with Gasteiger partial charge in [-0.25, -0.2) is 5.43 Å². The van der Waals surface area contributed by atoms with Crippen molar-refractivity contribution in [2.45, 2.75) is 52.9 Å². The molecule has 0 radical (unpaired) electrons. The number of hydrazone groups is 1. The lowest BCUT2D eigenvalue weighted by atomic mass is 10.0. The number of nitrogens with zero attached hydrogens (tertiary/aromatic N) is 1. The summed E-state index contributed by atoms with van der Waals surface area (Å²) in [5.41, 5.74) is 4.31. The topological polar surface area (TPSA) is 98.2 Å². The number of hydrogen-bond donors (Lipinski definition) is 2. The molecule has 0 saturated heterocycles. The molecule has 0 aliphatic carbocycles. The summed E-state index contributed by atoms with van der Waals surface area (Å²) in [5.74, 6) is 0.683. The van der Waals surface area contributed by atoms with Crippen LogP contribution in [-0.2, 0) is 16.2 Å². The predicted molar refractivity (Wildman–Crippen MR) is 180 cm³/mol. The Morgan fingerprint density at radius 1 is 0.867 bits per heavy atom. The second kappa shape index (κ2) is 16.2. The predicted octanol–water partition coefficient (Wildman–Crippen LogP) is 7.57. The molecule has 0 saturated carbocycles. The number of carbonyl (C=O) groups is 2. The monoisotopic (exact) mass is 649 g/mol. The van der Waals surface area contributed by atoms with Gasteiger partial charge < -0.3 is 19.5 Å². The second-order valence-electron chi connectivity index (χ2n) is 10.8. The van der Waals surface area contributed by atoms with Crippen molar-refractivity contribution < 1.29 is 23.8 Å². The number of rotatable bonds is 14. The Labute approximate surface area is 273 Å². The molecule has 0 aromatic heterocycles. The van der Waals surface area contributed by atoms with Crippen LogP contribution in [0.4, 0.5) is 0 Å². The normalized spacial score (nSPS) is 12.6. The van der Waals surface area contributed by atoms with Crippen LogP contribution in [0.5, 0.6) is 17.2 Å². The summed E-state index contributed by atoms with van der Waals surface area (Å²) in [6, 6.07) is 23.6. The van der Waals surface area contributed by atoms with Crippen LogP contribution in [0, 0.1) is 5.92 Å². The molecule has 4 aromatic carbocycles. The van der Waals surface area contributed by atoms with Crippen LogP contribution in [-0.4, -0.2) is 36.8 Å². The minimum absolute atomic E-state index is 0.127. The van der Waals surface area contributed by atoms with Gasteiger partial charge in [0.1, 0.15) is 18.4 Å². The zero-order valence-electron chi connectivity index (χ0n) is 25.7. The fourth-order valence-corrected chi connectivity index (χ4v) is 5.07. The van der Waals surface area contributed by atoms with E-state index in [4.69, 9.17) is 37.4 Å². The molecule has 0 aliphatic heterocycles. The smallest absolute Gasteiger partial charge is 0.262 e. The third-order valence-corrected chi connectivity index (χ3v) is 7.36. The lowest BCUT2D eigenvalue weighted by Crippen LogP contribution is -2.49. The van der Waals surface area contributed by atoms with Crippen LogP contribution >= 0.6 is 23.2 Å². The highest BCUT2D eigenvalue weighted by Gasteiger charge is 2.25. The number of ether oxygens (including phenoxy) is 3. The first-order valence-corrected chi connectivity index (χ1v) is 15.5. The van der Waals surface area contributed by atoms with Crippen LogP contribution < -0.4 is 25.0 Å². The van der Waals surface area contributed by atoms with E-state index in [1.54, 1.807) is 25.1 Å². The number of halogens is 2. The summed E-state index contributed by atoms with van der Waals surface area (Å²) in [6.45, 7) is 8.22. The number of benzene rings is 4. The van der Waals surface area contributed by atoms with Crippen LogP contribution in [0.2, 0.25) is 10.0 Å². The molecule has 4 aromatic rings. The van der Waals surface area contributed by atoms with Gasteiger partial charge in [-0.3, -0.25) is 9.59 Å². The first-order chi connectivity index (χ1) is 21.6. The van der Waals surface area contributed by atoms with Crippen molar-refractivity contribution in [3.8, 4) is 17.2 Å². The number of carbonyl (C=O) groups excluding carboxylic acids is 2. The minimum atomic E-state index is -0.909. The van der Waals surface area contributed by atoms with Gasteiger partial charge in [-0.1, -0.05) is 79.5 Å². The summed E-state index contributed by atoms with van der Waals surface area (Å²) in [6.07, 6.45) is 1.00. The Hall–Kier alpha value is -4.27. The van der Waals surface area contributed by atoms with Crippen molar-refractivity contribution in [2.75, 3.05) is 6.61 Å². The van der Waals surface area contributed by atoms with Crippen LogP contribution in [0.25, 0.3) is 10.8 Å². The lowest BCUT2D eigenvalue weighted by molar-refractivity contribution is -0.132. The maximum Gasteiger partial charge on any atom is 0.262 e. The number of nitrogens with one attached hydrogen (secondary N) is 2. The third-order valence-electron chi connectivity index (χ3n) is 6.83. The summed E-state index contributed by atoms with van der Waals surface area (Å²) in [5, 5.41) is 9.92. The summed E-state index contributed by atoms with van der Waals surface area (Å²) >= 11 is 12.1. The van der Waals surface area contributed by atoms with Crippen LogP contribution in [0.1, 0.15) is 45.2 Å². The van der Waals surface area contributed by atoms with E-state index in [1.807, 2.05) is 57.2 Å². The molecule has 0 heterocycles. The average molecular weight is 651 g/mol. The first kappa shape index (κ1) is 33.6. The van der Waals surface area contributed by atoms with Gasteiger partial charge >= 0.3 is 0 Å². The first-order valence-electron chi connectivity index (χ1n) is 14.8. The Bertz CT molecular complexity index is 1650. The molecule has 0 unspecified atom stereocenters. The highest BCUT2D eigenvalue weighted by atomic mass is 35.5. The number of amides is 2. The van der Waals surface area contributed by atoms with Crippen molar-refractivity contribution in [3.63, 3.8) is 0 Å². The van der Waals surface area contributed by atoms with E-state index in [9.17, 15) is 9.59 Å². The summed E-state index contributed by atoms with van der Waals surface area (Å²) in [7, 11) is 0. The Morgan fingerprint density at radius 3 is 2.38 bits per heavy atom. The molecule has 236 valence electrons. The van der Waals surface area contributed by atoms with Crippen molar-refractivity contribution in [1.29, 1.82) is 0 Å². The Balaban J connectivity index is 1.38. The molecule has 2 N–H and O–H groups in total. The van der Waals surface area contributed by atoms with Gasteiger partial charge in [0.25, 0.3) is 11.8 Å². The minimum Gasteiger partial charge on any atom is -0.490 e. The maximum absolute atomic E-state index is 13.1. The molecule has 45 heavy (non-hydrogen) atoms. The van der Waals surface area contributed by atoms with Crippen LogP contribution in [0.15, 0.2) is 84.0 Å². The van der Waals surface area contributed by atoms with Gasteiger partial charge in [0.15, 0.2) is 17.6 Å². The van der Waals surface area contributed by atoms with E-state index >= 15 is 0 Å². The van der Waals surface area contributed by atoms with Gasteiger partial charge in [-0.05, 0) is 84.5 Å². The fourth-order valence-electron chi connectivity index (χ4n) is 4.62. The number of fused-ring (bicyclic) bond motifs is 1. The highest BCUT2D eigenvalue weighted by Crippen LogP contribution is 2.30. The van der Waals surface area contributed by atoms with E-state index in [2.05, 4.69) is 34.0 Å². The van der Waals surface area contributed by atoms with Crippen molar-refractivity contribution >= 4 is 52.0 Å². The molecule has 8 nitrogen and oxygen atoms in total. The largest absolute Gasteiger partial charge is 0.490 e. The fraction of sp³-hybridized carbons (Fsp3) is 0.286. The van der Waals surface area contributed by atoms with Gasteiger partial charge in [0.2, 0.25) is 0 Å². The number of hydrogen-bond acceptors (Lipinski definition) is 6. The molecule has 10 heteroatoms. The van der Waals surface area contributed by atoms with Gasteiger partial charge in [0, 0.05) is 5.02 Å². The molecule has 0 aliphatic rings. The lowest BCUT2D eigenvalue weighted by Gasteiger charge is -2.22. The third kappa shape index (κ3) is 9.61. The molecule has 2 atom stereocenters. The van der Waals surface area contributed by atoms with Gasteiger partial charge in [-0.15, -0.1) is 0 Å². The van der Waals surface area contributed by atoms with Crippen molar-refractivity contribution in [1.82, 2.24) is 10.7 Å². The van der Waals surface area contributed by atoms with Crippen LogP contribution in [0.3, 0.4) is 0 Å². The zero-order chi connectivity index (χ0) is 32.3. The van der Waals surface area contributed by atoms with E-state index in [1.165, 1.54) is 12.3 Å². The maximum atomic E-state index is 13.1. The SMILES string of the molecule is CCOc1cc(/C=N\NC(=O)[C@H](CC(C)C)NC(=O)[C@@H](C)Oc2ccc(Cl)cc2Cl)ccc1OCc1cccc2ccccc12. The van der Waals surface area contributed by atoms with Gasteiger partial charge in [-0.2, -0.15) is 5.10 Å². The second-order valence-corrected chi connectivity index (χ2v) is 11.7. The van der Waals surface area contributed by atoms with E-state index in [-0.39, 0.29) is 10.9 Å². The molecular weight excluding hydrogens is 613 g/mol. The molecule has 4 rings (SSSR count). The zero-order valence-corrected chi connectivity index (χ0v) is 27.2. The molecular formula is C35H37Cl2N3O5.